The van der Waals surface area contributed by atoms with Gasteiger partial charge in [0.05, 0.1) is 36.5 Å². The molecule has 1 aromatic heterocycles. The maximum absolute atomic E-state index is 13.9. The SMILES string of the molecule is CCOC(=O)C1=C(C)N=c2s/c(=C/c3cc(Br)c(OCc4ccc(Cl)cc4Cl)c(I)c3)c(=O)n2[C@@H]1c1ccc(C)cc1. The van der Waals surface area contributed by atoms with Crippen LogP contribution in [-0.2, 0) is 16.1 Å². The van der Waals surface area contributed by atoms with E-state index in [1.165, 1.54) is 11.3 Å². The van der Waals surface area contributed by atoms with Gasteiger partial charge in [-0.25, -0.2) is 9.79 Å². The van der Waals surface area contributed by atoms with Gasteiger partial charge in [0, 0.05) is 15.6 Å². The lowest BCUT2D eigenvalue weighted by molar-refractivity contribution is -0.139. The predicted octanol–water partition coefficient (Wildman–Crippen LogP) is 7.36. The third kappa shape index (κ3) is 6.40. The summed E-state index contributed by atoms with van der Waals surface area (Å²) in [6, 6.07) is 16.3. The molecule has 0 spiro atoms. The Labute approximate surface area is 278 Å². The lowest BCUT2D eigenvalue weighted by atomic mass is 9.95. The first-order valence-electron chi connectivity index (χ1n) is 12.9. The number of aryl methyl sites for hydroxylation is 1. The minimum absolute atomic E-state index is 0.223. The molecule has 2 heterocycles. The van der Waals surface area contributed by atoms with Crippen LogP contribution in [-0.4, -0.2) is 17.1 Å². The summed E-state index contributed by atoms with van der Waals surface area (Å²) in [5, 5.41) is 1.09. The fourth-order valence-electron chi connectivity index (χ4n) is 4.60. The zero-order valence-corrected chi connectivity index (χ0v) is 28.8. The van der Waals surface area contributed by atoms with Crippen LogP contribution >= 0.6 is 73.1 Å². The Morgan fingerprint density at radius 1 is 1.14 bits per heavy atom. The highest BCUT2D eigenvalue weighted by molar-refractivity contribution is 14.1. The topological polar surface area (TPSA) is 69.9 Å². The summed E-state index contributed by atoms with van der Waals surface area (Å²) in [4.78, 5) is 32.1. The highest BCUT2D eigenvalue weighted by atomic mass is 127. The molecule has 0 aliphatic carbocycles. The van der Waals surface area contributed by atoms with Gasteiger partial charge in [0.15, 0.2) is 4.80 Å². The van der Waals surface area contributed by atoms with Gasteiger partial charge in [-0.1, -0.05) is 70.4 Å². The molecular weight excluding hydrogens is 774 g/mol. The van der Waals surface area contributed by atoms with E-state index in [0.29, 0.717) is 36.4 Å². The third-order valence-electron chi connectivity index (χ3n) is 6.62. The van der Waals surface area contributed by atoms with Gasteiger partial charge in [-0.15, -0.1) is 0 Å². The smallest absolute Gasteiger partial charge is 0.338 e. The number of carbonyl (C=O) groups is 1. The van der Waals surface area contributed by atoms with Crippen LogP contribution in [0.3, 0.4) is 0 Å². The van der Waals surface area contributed by atoms with Crippen molar-refractivity contribution in [3.63, 3.8) is 0 Å². The lowest BCUT2D eigenvalue weighted by Crippen LogP contribution is -2.39. The summed E-state index contributed by atoms with van der Waals surface area (Å²) in [6.45, 7) is 6.02. The number of hydrogen-bond acceptors (Lipinski definition) is 6. The van der Waals surface area contributed by atoms with Crippen LogP contribution < -0.4 is 19.6 Å². The number of thiazole rings is 1. The molecule has 1 aliphatic heterocycles. The average molecular weight is 798 g/mol. The lowest BCUT2D eigenvalue weighted by Gasteiger charge is -2.24. The molecule has 0 N–H and O–H groups in total. The maximum Gasteiger partial charge on any atom is 0.338 e. The molecule has 0 saturated carbocycles. The maximum atomic E-state index is 13.9. The fraction of sp³-hybridized carbons (Fsp3) is 0.194. The molecule has 5 rings (SSSR count). The van der Waals surface area contributed by atoms with Gasteiger partial charge in [0.1, 0.15) is 12.4 Å². The largest absolute Gasteiger partial charge is 0.487 e. The summed E-state index contributed by atoms with van der Waals surface area (Å²) in [5.41, 5.74) is 4.17. The zero-order chi connectivity index (χ0) is 30.1. The van der Waals surface area contributed by atoms with Crippen molar-refractivity contribution in [2.24, 2.45) is 4.99 Å². The molecule has 0 amide bonds. The van der Waals surface area contributed by atoms with Crippen molar-refractivity contribution in [3.05, 3.63) is 126 Å². The van der Waals surface area contributed by atoms with E-state index in [0.717, 1.165) is 30.3 Å². The Hall–Kier alpha value is -2.44. The number of benzene rings is 3. The van der Waals surface area contributed by atoms with Crippen molar-refractivity contribution in [2.45, 2.75) is 33.4 Å². The van der Waals surface area contributed by atoms with Crippen LogP contribution in [0.25, 0.3) is 6.08 Å². The van der Waals surface area contributed by atoms with Gasteiger partial charge >= 0.3 is 5.97 Å². The molecule has 11 heteroatoms. The molecule has 0 radical (unpaired) electrons. The highest BCUT2D eigenvalue weighted by Gasteiger charge is 2.33. The Bertz CT molecular complexity index is 1900. The van der Waals surface area contributed by atoms with Gasteiger partial charge in [-0.3, -0.25) is 9.36 Å². The zero-order valence-electron chi connectivity index (χ0n) is 22.7. The summed E-state index contributed by atoms with van der Waals surface area (Å²) < 4.78 is 15.1. The highest BCUT2D eigenvalue weighted by Crippen LogP contribution is 2.34. The van der Waals surface area contributed by atoms with E-state index in [1.807, 2.05) is 55.5 Å². The standard InChI is InChI=1S/C31H24BrCl2IN2O4S/c1-4-40-30(39)26-17(3)36-31-37(27(26)19-7-5-16(2)6-8-19)29(38)25(42-31)13-18-11-22(32)28(24(35)12-18)41-15-20-9-10-21(33)14-23(20)34/h5-14,27H,4,15H2,1-3H3/b25-13+/t27-/m1/s1. The Morgan fingerprint density at radius 3 is 2.55 bits per heavy atom. The molecule has 3 aromatic carbocycles. The van der Waals surface area contributed by atoms with E-state index >= 15 is 0 Å². The number of hydrogen-bond donors (Lipinski definition) is 0. The van der Waals surface area contributed by atoms with E-state index < -0.39 is 12.0 Å². The number of ether oxygens (including phenoxy) is 2. The Balaban J connectivity index is 1.54. The molecule has 0 unspecified atom stereocenters. The van der Waals surface area contributed by atoms with Gasteiger partial charge < -0.3 is 9.47 Å². The van der Waals surface area contributed by atoms with Gasteiger partial charge in [-0.2, -0.15) is 0 Å². The van der Waals surface area contributed by atoms with Gasteiger partial charge in [0.2, 0.25) is 0 Å². The molecule has 0 bridgehead atoms. The van der Waals surface area contributed by atoms with Crippen molar-refractivity contribution in [2.75, 3.05) is 6.61 Å². The quantitative estimate of drug-likeness (QED) is 0.145. The summed E-state index contributed by atoms with van der Waals surface area (Å²) >= 11 is 19.4. The van der Waals surface area contributed by atoms with Crippen molar-refractivity contribution in [1.82, 2.24) is 4.57 Å². The first kappa shape index (κ1) is 31.0. The molecule has 1 aliphatic rings. The van der Waals surface area contributed by atoms with Crippen molar-refractivity contribution < 1.29 is 14.3 Å². The molecule has 0 fully saturated rings. The molecule has 0 saturated heterocycles. The Morgan fingerprint density at radius 2 is 1.88 bits per heavy atom. The van der Waals surface area contributed by atoms with Crippen LogP contribution in [0.5, 0.6) is 5.75 Å². The van der Waals surface area contributed by atoms with Gasteiger partial charge in [-0.05, 0) is 101 Å². The molecular formula is C31H24BrCl2IN2O4S. The first-order chi connectivity index (χ1) is 20.1. The first-order valence-corrected chi connectivity index (χ1v) is 16.3. The molecule has 1 atom stereocenters. The van der Waals surface area contributed by atoms with E-state index in [2.05, 4.69) is 43.5 Å². The van der Waals surface area contributed by atoms with Crippen LogP contribution in [0.2, 0.25) is 10.0 Å². The van der Waals surface area contributed by atoms with Crippen molar-refractivity contribution in [3.8, 4) is 5.75 Å². The number of nitrogens with zero attached hydrogens (tertiary/aromatic N) is 2. The number of allylic oxidation sites excluding steroid dienone is 1. The monoisotopic (exact) mass is 796 g/mol. The number of rotatable bonds is 7. The second kappa shape index (κ2) is 13.1. The average Bonchev–Trinajstić information content (AvgIpc) is 3.23. The third-order valence-corrected chi connectivity index (χ3v) is 9.58. The summed E-state index contributed by atoms with van der Waals surface area (Å²) in [7, 11) is 0. The normalized spacial score (nSPS) is 14.9. The predicted molar refractivity (Wildman–Crippen MR) is 179 cm³/mol. The van der Waals surface area contributed by atoms with E-state index in [9.17, 15) is 9.59 Å². The number of fused-ring (bicyclic) bond motifs is 1. The number of esters is 1. The van der Waals surface area contributed by atoms with E-state index in [1.54, 1.807) is 30.5 Å². The second-order valence-corrected chi connectivity index (χ2v) is 13.4. The fourth-order valence-corrected chi connectivity index (χ4v) is 7.87. The van der Waals surface area contributed by atoms with Crippen molar-refractivity contribution in [1.29, 1.82) is 0 Å². The summed E-state index contributed by atoms with van der Waals surface area (Å²) in [5.74, 6) is 0.182. The second-order valence-electron chi connectivity index (χ2n) is 9.55. The van der Waals surface area contributed by atoms with Crippen LogP contribution in [0.15, 0.2) is 80.1 Å². The molecule has 6 nitrogen and oxygen atoms in total. The molecule has 4 aromatic rings. The van der Waals surface area contributed by atoms with E-state index in [-0.39, 0.29) is 18.8 Å². The van der Waals surface area contributed by atoms with E-state index in [4.69, 9.17) is 32.7 Å². The number of halogens is 4. The minimum atomic E-state index is -0.648. The van der Waals surface area contributed by atoms with Crippen LogP contribution in [0.1, 0.15) is 42.1 Å². The van der Waals surface area contributed by atoms with Crippen LogP contribution in [0.4, 0.5) is 0 Å². The molecule has 216 valence electrons. The summed E-state index contributed by atoms with van der Waals surface area (Å²) in [6.07, 6.45) is 1.83. The number of carbonyl (C=O) groups excluding carboxylic acids is 1. The number of aromatic nitrogens is 1. The molecule has 42 heavy (non-hydrogen) atoms. The van der Waals surface area contributed by atoms with Crippen LogP contribution in [0, 0.1) is 10.5 Å². The Kier molecular flexibility index (Phi) is 9.63. The minimum Gasteiger partial charge on any atom is -0.487 e. The van der Waals surface area contributed by atoms with Gasteiger partial charge in [0.25, 0.3) is 5.56 Å². The van der Waals surface area contributed by atoms with Crippen molar-refractivity contribution >= 4 is 85.1 Å².